The second-order valence-corrected chi connectivity index (χ2v) is 17.2. The minimum absolute atomic E-state index is 0.0369. The fourth-order valence-electron chi connectivity index (χ4n) is 7.09. The van der Waals surface area contributed by atoms with E-state index in [-0.39, 0.29) is 41.5 Å². The van der Waals surface area contributed by atoms with Gasteiger partial charge >= 0.3 is 12.1 Å². The van der Waals surface area contributed by atoms with Crippen molar-refractivity contribution in [2.45, 2.75) is 31.7 Å². The summed E-state index contributed by atoms with van der Waals surface area (Å²) in [6.07, 6.45) is -0.897. The molecule has 1 aliphatic heterocycles. The summed E-state index contributed by atoms with van der Waals surface area (Å²) in [7, 11) is 0. The third-order valence-corrected chi connectivity index (χ3v) is 14.6. The zero-order chi connectivity index (χ0) is 40.5. The van der Waals surface area contributed by atoms with Gasteiger partial charge in [-0.05, 0) is 44.7 Å². The number of likely N-dealkylation sites (tertiary alicyclic amines) is 1. The fraction of sp³-hybridized carbons (Fsp3) is 0.109. The summed E-state index contributed by atoms with van der Waals surface area (Å²) >= 11 is 6.06. The zero-order valence-corrected chi connectivity index (χ0v) is 32.8. The maximum atomic E-state index is 15.2. The van der Waals surface area contributed by atoms with E-state index >= 15 is 4.79 Å². The molecular formula is C46H38N3O7PS. The van der Waals surface area contributed by atoms with Crippen molar-refractivity contribution in [1.29, 1.82) is 0 Å². The molecule has 0 aliphatic carbocycles. The number of alkyl carbamates (subject to hydrolysis) is 1. The van der Waals surface area contributed by atoms with Crippen molar-refractivity contribution < 1.29 is 28.8 Å². The number of nitro groups is 1. The summed E-state index contributed by atoms with van der Waals surface area (Å²) in [4.78, 5) is 56.0. The minimum atomic E-state index is -3.30. The molecule has 1 aliphatic rings. The molecule has 290 valence electrons. The highest BCUT2D eigenvalue weighted by Crippen LogP contribution is 2.49. The number of non-ortho nitro benzene ring substituents is 1. The summed E-state index contributed by atoms with van der Waals surface area (Å²) in [5, 5.41) is 16.8. The van der Waals surface area contributed by atoms with Crippen LogP contribution in [0.4, 0.5) is 10.5 Å². The van der Waals surface area contributed by atoms with Gasteiger partial charge in [-0.25, -0.2) is 9.59 Å². The van der Waals surface area contributed by atoms with Gasteiger partial charge < -0.3 is 14.8 Å². The average molecular weight is 808 g/mol. The Morgan fingerprint density at radius 3 is 1.55 bits per heavy atom. The maximum Gasteiger partial charge on any atom is 0.408 e. The molecule has 1 saturated heterocycles. The Hall–Kier alpha value is -6.68. The first kappa shape index (κ1) is 39.6. The van der Waals surface area contributed by atoms with Gasteiger partial charge in [0.05, 0.1) is 23.4 Å². The molecule has 6 aromatic rings. The van der Waals surface area contributed by atoms with Crippen molar-refractivity contribution in [1.82, 2.24) is 10.2 Å². The topological polar surface area (TPSA) is 128 Å². The van der Waals surface area contributed by atoms with Crippen LogP contribution in [0.3, 0.4) is 0 Å². The lowest BCUT2D eigenvalue weighted by Gasteiger charge is -2.48. The fourth-order valence-corrected chi connectivity index (χ4v) is 11.9. The van der Waals surface area contributed by atoms with Crippen LogP contribution in [0.1, 0.15) is 23.1 Å². The third-order valence-electron chi connectivity index (χ3n) is 9.87. The molecule has 2 amide bonds. The van der Waals surface area contributed by atoms with E-state index in [1.807, 2.05) is 152 Å². The van der Waals surface area contributed by atoms with Gasteiger partial charge in [-0.2, -0.15) is 0 Å². The molecule has 2 unspecified atom stereocenters. The largest absolute Gasteiger partial charge is 0.456 e. The molecule has 6 aromatic carbocycles. The van der Waals surface area contributed by atoms with E-state index in [0.717, 1.165) is 27.0 Å². The number of nitro benzene ring substituents is 1. The van der Waals surface area contributed by atoms with Gasteiger partial charge in [-0.1, -0.05) is 164 Å². The Morgan fingerprint density at radius 1 is 0.690 bits per heavy atom. The van der Waals surface area contributed by atoms with Crippen LogP contribution in [0.25, 0.3) is 0 Å². The lowest BCUT2D eigenvalue weighted by Crippen LogP contribution is -2.68. The highest BCUT2D eigenvalue weighted by atomic mass is 32.1. The van der Waals surface area contributed by atoms with Crippen molar-refractivity contribution in [3.8, 4) is 0 Å². The lowest BCUT2D eigenvalue weighted by atomic mass is 9.89. The van der Waals surface area contributed by atoms with Crippen LogP contribution in [-0.2, 0) is 32.3 Å². The highest BCUT2D eigenvalue weighted by molar-refractivity contribution is 7.96. The molecule has 1 N–H and O–H groups in total. The number of benzene rings is 6. The summed E-state index contributed by atoms with van der Waals surface area (Å²) < 4.78 is 11.8. The number of rotatable bonds is 14. The van der Waals surface area contributed by atoms with Crippen molar-refractivity contribution in [2.75, 3.05) is 0 Å². The maximum absolute atomic E-state index is 15.2. The monoisotopic (exact) mass is 807 g/mol. The minimum Gasteiger partial charge on any atom is -0.456 e. The molecule has 1 fully saturated rings. The molecule has 7 rings (SSSR count). The Morgan fingerprint density at radius 2 is 1.12 bits per heavy atom. The molecule has 10 nitrogen and oxygen atoms in total. The number of nitrogens with zero attached hydrogens (tertiary/aromatic N) is 2. The first-order valence-corrected chi connectivity index (χ1v) is 20.7. The Balaban J connectivity index is 1.43. The predicted octanol–water partition coefficient (Wildman–Crippen LogP) is 7.08. The van der Waals surface area contributed by atoms with Gasteiger partial charge in [0, 0.05) is 23.9 Å². The zero-order valence-electron chi connectivity index (χ0n) is 31.1. The number of esters is 1. The number of amides is 2. The molecule has 0 spiro atoms. The normalized spacial score (nSPS) is 14.0. The molecular weight excluding hydrogens is 770 g/mol. The van der Waals surface area contributed by atoms with Crippen molar-refractivity contribution in [2.24, 2.45) is 0 Å². The van der Waals surface area contributed by atoms with Gasteiger partial charge in [0.2, 0.25) is 5.91 Å². The van der Waals surface area contributed by atoms with Gasteiger partial charge in [0.15, 0.2) is 0 Å². The van der Waals surface area contributed by atoms with Crippen molar-refractivity contribution in [3.05, 3.63) is 203 Å². The van der Waals surface area contributed by atoms with Gasteiger partial charge in [0.1, 0.15) is 18.6 Å². The first-order chi connectivity index (χ1) is 28.3. The van der Waals surface area contributed by atoms with Gasteiger partial charge in [-0.15, -0.1) is 0 Å². The lowest BCUT2D eigenvalue weighted by molar-refractivity contribution is -0.384. The van der Waals surface area contributed by atoms with Gasteiger partial charge in [-0.3, -0.25) is 19.8 Å². The number of hydrogen-bond donors (Lipinski definition) is 1. The van der Waals surface area contributed by atoms with Crippen LogP contribution >= 0.6 is 19.1 Å². The van der Waals surface area contributed by atoms with Crippen LogP contribution < -0.4 is 21.2 Å². The molecule has 12 heteroatoms. The SMILES string of the molecule is O=C(NC(C(=S)c1ccc([N+](=O)[O-])cc1)C1CC(=O)N1C(C(=O)OCc1ccccc1)=P(c1ccccc1)(c1ccccc1)c1ccccc1)OCc1ccccc1. The number of β-lactam (4-membered cyclic amide) rings is 1. The van der Waals surface area contributed by atoms with Crippen molar-refractivity contribution >= 4 is 69.0 Å². The molecule has 2 atom stereocenters. The number of carbonyl (C=O) groups is 3. The summed E-state index contributed by atoms with van der Waals surface area (Å²) in [5.41, 5.74) is 1.90. The Bertz CT molecular complexity index is 2370. The van der Waals surface area contributed by atoms with Crippen LogP contribution in [0.15, 0.2) is 176 Å². The molecule has 0 saturated carbocycles. The van der Waals surface area contributed by atoms with E-state index in [4.69, 9.17) is 21.7 Å². The molecule has 0 radical (unpaired) electrons. The van der Waals surface area contributed by atoms with Crippen LogP contribution in [0, 0.1) is 10.1 Å². The van der Waals surface area contributed by atoms with E-state index in [0.29, 0.717) is 5.56 Å². The number of thiocarbonyl (C=S) groups is 1. The second-order valence-electron chi connectivity index (χ2n) is 13.4. The molecule has 58 heavy (non-hydrogen) atoms. The van der Waals surface area contributed by atoms with Crippen LogP contribution in [0.2, 0.25) is 0 Å². The van der Waals surface area contributed by atoms with E-state index in [1.54, 1.807) is 0 Å². The Kier molecular flexibility index (Phi) is 12.3. The Labute approximate surface area is 341 Å². The predicted molar refractivity (Wildman–Crippen MR) is 230 cm³/mol. The van der Waals surface area contributed by atoms with Gasteiger partial charge in [0.25, 0.3) is 5.69 Å². The summed E-state index contributed by atoms with van der Waals surface area (Å²) in [6.45, 7) is -3.40. The van der Waals surface area contributed by atoms with E-state index in [9.17, 15) is 19.7 Å². The highest BCUT2D eigenvalue weighted by Gasteiger charge is 2.51. The number of carbonyl (C=O) groups excluding carboxylic acids is 3. The van der Waals surface area contributed by atoms with E-state index < -0.39 is 36.0 Å². The number of ether oxygens (including phenoxy) is 2. The molecule has 1 heterocycles. The third kappa shape index (κ3) is 8.37. The second kappa shape index (κ2) is 18.1. The number of hydrogen-bond acceptors (Lipinski definition) is 8. The first-order valence-electron chi connectivity index (χ1n) is 18.5. The quantitative estimate of drug-likeness (QED) is 0.0236. The standard InChI is InChI=1S/C46H38N3O7PS/c50-41-30-40(42(43(58)35-26-28-36(29-27-35)49(53)54)47-46(52)56-32-34-18-8-2-9-19-34)48(41)44(45(51)55-31-33-16-6-1-7-17-33)57(37-20-10-3-11-21-37,38-22-12-4-13-23-38)39-24-14-5-15-25-39/h1-29,40,42H,30-32H2,(H,47,52). The van der Waals surface area contributed by atoms with Crippen LogP contribution in [-0.4, -0.2) is 50.2 Å². The average Bonchev–Trinajstić information content (AvgIpc) is 3.27. The number of nitrogens with one attached hydrogen (secondary N) is 1. The summed E-state index contributed by atoms with van der Waals surface area (Å²) in [5.74, 6) is -1.08. The summed E-state index contributed by atoms with van der Waals surface area (Å²) in [6, 6.07) is 50.9. The van der Waals surface area contributed by atoms with Crippen molar-refractivity contribution in [3.63, 3.8) is 0 Å². The van der Waals surface area contributed by atoms with Crippen LogP contribution in [0.5, 0.6) is 0 Å². The smallest absolute Gasteiger partial charge is 0.408 e. The molecule has 0 bridgehead atoms. The molecule has 0 aromatic heterocycles. The van der Waals surface area contributed by atoms with E-state index in [1.165, 1.54) is 29.2 Å². The van der Waals surface area contributed by atoms with E-state index in [2.05, 4.69) is 5.32 Å².